The molecule has 2 aliphatic rings. The van der Waals surface area contributed by atoms with Crippen molar-refractivity contribution in [2.45, 2.75) is 97.1 Å². The van der Waals surface area contributed by atoms with Crippen molar-refractivity contribution < 1.29 is 23.4 Å². The van der Waals surface area contributed by atoms with Gasteiger partial charge in [0.25, 0.3) is 0 Å². The molecule has 2 fully saturated rings. The van der Waals surface area contributed by atoms with E-state index in [9.17, 15) is 4.79 Å². The average molecular weight is 691 g/mol. The molecule has 264 valence electrons. The van der Waals surface area contributed by atoms with Crippen LogP contribution in [0.1, 0.15) is 86.6 Å². The molecule has 0 N–H and O–H groups in total. The monoisotopic (exact) mass is 690 g/mol. The summed E-state index contributed by atoms with van der Waals surface area (Å²) in [6.45, 7) is 20.0. The molecule has 1 aromatic carbocycles. The number of anilines is 3. The van der Waals surface area contributed by atoms with E-state index in [1.165, 1.54) is 11.2 Å². The molecule has 1 unspecified atom stereocenters. The van der Waals surface area contributed by atoms with Crippen LogP contribution in [0, 0.1) is 0 Å². The molecule has 0 spiro atoms. The number of rotatable bonds is 8. The molecule has 0 bridgehead atoms. The summed E-state index contributed by atoms with van der Waals surface area (Å²) in [5.41, 5.74) is 2.89. The minimum Gasteiger partial charge on any atom is -0.443 e. The van der Waals surface area contributed by atoms with E-state index in [0.717, 1.165) is 49.3 Å². The molecular formula is C35H50N8O5Si. The molecule has 49 heavy (non-hydrogen) atoms. The van der Waals surface area contributed by atoms with Crippen molar-refractivity contribution in [2.24, 2.45) is 0 Å². The minimum atomic E-state index is -0.917. The quantitative estimate of drug-likeness (QED) is 0.199. The van der Waals surface area contributed by atoms with Gasteiger partial charge in [0.05, 0.1) is 36.4 Å². The lowest BCUT2D eigenvalue weighted by atomic mass is 10.00. The number of benzene rings is 1. The van der Waals surface area contributed by atoms with Gasteiger partial charge in [-0.1, -0.05) is 20.8 Å². The zero-order valence-corrected chi connectivity index (χ0v) is 31.5. The van der Waals surface area contributed by atoms with Crippen molar-refractivity contribution in [3.05, 3.63) is 48.7 Å². The van der Waals surface area contributed by atoms with Crippen LogP contribution in [-0.2, 0) is 24.2 Å². The molecule has 3 aromatic heterocycles. The Kier molecular flexibility index (Phi) is 9.86. The average Bonchev–Trinajstić information content (AvgIpc) is 3.74. The summed E-state index contributed by atoms with van der Waals surface area (Å²) >= 11 is 0. The summed E-state index contributed by atoms with van der Waals surface area (Å²) in [4.78, 5) is 27.2. The van der Waals surface area contributed by atoms with Gasteiger partial charge < -0.3 is 23.5 Å². The van der Waals surface area contributed by atoms with Crippen LogP contribution in [0.25, 0.3) is 16.9 Å². The van der Waals surface area contributed by atoms with Crippen LogP contribution in [-0.4, -0.2) is 83.7 Å². The largest absolute Gasteiger partial charge is 0.443 e. The van der Waals surface area contributed by atoms with Gasteiger partial charge in [-0.25, -0.2) is 28.9 Å². The van der Waals surface area contributed by atoms with E-state index in [1.54, 1.807) is 10.7 Å². The summed E-state index contributed by atoms with van der Waals surface area (Å²) in [5.74, 6) is 0.301. The van der Waals surface area contributed by atoms with Crippen LogP contribution in [0.15, 0.2) is 43.0 Å². The van der Waals surface area contributed by atoms with E-state index >= 15 is 0 Å². The maximum atomic E-state index is 13.9. The van der Waals surface area contributed by atoms with Crippen LogP contribution < -0.4 is 9.80 Å². The third-order valence-corrected chi connectivity index (χ3v) is 10.2. The van der Waals surface area contributed by atoms with Crippen molar-refractivity contribution in [3.8, 4) is 11.3 Å². The van der Waals surface area contributed by atoms with E-state index in [2.05, 4.69) is 49.6 Å². The molecule has 2 saturated heterocycles. The molecule has 2 aliphatic heterocycles. The first kappa shape index (κ1) is 35.0. The highest BCUT2D eigenvalue weighted by molar-refractivity contribution is 6.31. The van der Waals surface area contributed by atoms with Crippen LogP contribution in [0.5, 0.6) is 0 Å². The molecule has 14 heteroatoms. The lowest BCUT2D eigenvalue weighted by Crippen LogP contribution is -2.36. The van der Waals surface area contributed by atoms with Crippen molar-refractivity contribution in [1.29, 1.82) is 0 Å². The Balaban J connectivity index is 1.44. The number of morpholine rings is 1. The maximum Gasteiger partial charge on any atom is 0.420 e. The van der Waals surface area contributed by atoms with Gasteiger partial charge in [-0.15, -0.1) is 0 Å². The van der Waals surface area contributed by atoms with Crippen LogP contribution in [0.2, 0.25) is 5.04 Å². The number of aromatic nitrogens is 6. The Bertz CT molecular complexity index is 1750. The van der Waals surface area contributed by atoms with Gasteiger partial charge in [-0.05, 0) is 83.2 Å². The summed E-state index contributed by atoms with van der Waals surface area (Å²) in [6, 6.07) is 7.82. The molecule has 13 nitrogen and oxygen atoms in total. The van der Waals surface area contributed by atoms with E-state index < -0.39 is 27.1 Å². The van der Waals surface area contributed by atoms with Crippen LogP contribution >= 0.6 is 0 Å². The predicted molar refractivity (Wildman–Crippen MR) is 191 cm³/mol. The number of carbonyl (C=O) groups is 1. The zero-order valence-electron chi connectivity index (χ0n) is 30.1. The normalized spacial score (nSPS) is 18.0. The number of hydrogen-bond acceptors (Lipinski definition) is 10. The first-order chi connectivity index (χ1) is 23.2. The number of hydrogen-bond donors (Lipinski definition) is 0. The molecule has 1 atom stereocenters. The van der Waals surface area contributed by atoms with Crippen LogP contribution in [0.4, 0.5) is 22.0 Å². The van der Waals surface area contributed by atoms with Crippen molar-refractivity contribution in [2.75, 3.05) is 42.7 Å². The summed E-state index contributed by atoms with van der Waals surface area (Å²) in [5, 5.41) is 9.83. The van der Waals surface area contributed by atoms with Gasteiger partial charge in [0.1, 0.15) is 23.9 Å². The third-order valence-electron chi connectivity index (χ3n) is 8.45. The SMILES string of the molecule is CC(C)(C)OC(=O)N(c1ccc(N2CCOCC2)cc1)c1ncc(-c2cn(C3CCCCO3)nc2C(C)(C)O[SiH2]C(C)(C)C)n2ncnc12. The highest BCUT2D eigenvalue weighted by Gasteiger charge is 2.35. The predicted octanol–water partition coefficient (Wildman–Crippen LogP) is 6.15. The van der Waals surface area contributed by atoms with E-state index in [0.29, 0.717) is 42.7 Å². The highest BCUT2D eigenvalue weighted by Crippen LogP contribution is 2.38. The van der Waals surface area contributed by atoms with Crippen molar-refractivity contribution in [3.63, 3.8) is 0 Å². The summed E-state index contributed by atoms with van der Waals surface area (Å²) in [7, 11) is -0.917. The molecule has 0 aliphatic carbocycles. The second kappa shape index (κ2) is 13.8. The molecule has 0 radical (unpaired) electrons. The van der Waals surface area contributed by atoms with Gasteiger partial charge in [0, 0.05) is 37.1 Å². The second-order valence-corrected chi connectivity index (χ2v) is 18.1. The molecule has 4 aromatic rings. The first-order valence-electron chi connectivity index (χ1n) is 17.2. The molecule has 5 heterocycles. The fourth-order valence-corrected chi connectivity index (χ4v) is 6.90. The lowest BCUT2D eigenvalue weighted by molar-refractivity contribution is -0.0404. The fraction of sp³-hybridized carbons (Fsp3) is 0.571. The minimum absolute atomic E-state index is 0.0976. The fourth-order valence-electron chi connectivity index (χ4n) is 5.97. The van der Waals surface area contributed by atoms with E-state index in [-0.39, 0.29) is 11.3 Å². The number of ether oxygens (including phenoxy) is 3. The summed E-state index contributed by atoms with van der Waals surface area (Å²) in [6.07, 6.45) is 7.45. The van der Waals surface area contributed by atoms with Crippen LogP contribution in [0.3, 0.4) is 0 Å². The highest BCUT2D eigenvalue weighted by atomic mass is 28.2. The number of nitrogens with zero attached hydrogens (tertiary/aromatic N) is 8. The van der Waals surface area contributed by atoms with Gasteiger partial charge >= 0.3 is 6.09 Å². The van der Waals surface area contributed by atoms with Gasteiger partial charge in [-0.2, -0.15) is 10.2 Å². The first-order valence-corrected chi connectivity index (χ1v) is 18.5. The Hall–Kier alpha value is -3.85. The maximum absolute atomic E-state index is 13.9. The van der Waals surface area contributed by atoms with Crippen molar-refractivity contribution in [1.82, 2.24) is 29.4 Å². The second-order valence-electron chi connectivity index (χ2n) is 15.4. The van der Waals surface area contributed by atoms with Crippen molar-refractivity contribution >= 4 is 38.7 Å². The Morgan fingerprint density at radius 3 is 2.37 bits per heavy atom. The molecule has 1 amide bonds. The molecule has 0 saturated carbocycles. The number of fused-ring (bicyclic) bond motifs is 1. The topological polar surface area (TPSA) is 121 Å². The Labute approximate surface area is 290 Å². The van der Waals surface area contributed by atoms with E-state index in [1.807, 2.05) is 55.9 Å². The standard InChI is InChI=1S/C35H50N8O5Si/c1-33(2,3)47-32(44)42(25-14-12-24(13-15-25)40-16-19-45-20-17-40)30-31-37-23-38-43(31)27(21-36-30)26-22-41(28-11-9-10-18-46-28)39-29(26)35(7,8)48-49-34(4,5)6/h12-15,21-23,28H,9-11,16-20,49H2,1-8H3. The zero-order chi connectivity index (χ0) is 35.0. The molecule has 6 rings (SSSR count). The Morgan fingerprint density at radius 2 is 1.71 bits per heavy atom. The van der Waals surface area contributed by atoms with Gasteiger partial charge in [-0.3, -0.25) is 0 Å². The Morgan fingerprint density at radius 1 is 0.980 bits per heavy atom. The third kappa shape index (κ3) is 7.98. The summed E-state index contributed by atoms with van der Waals surface area (Å²) < 4.78 is 27.9. The lowest BCUT2D eigenvalue weighted by Gasteiger charge is -2.30. The van der Waals surface area contributed by atoms with E-state index in [4.69, 9.17) is 28.7 Å². The van der Waals surface area contributed by atoms with Gasteiger partial charge in [0.15, 0.2) is 21.2 Å². The number of carbonyl (C=O) groups excluding carboxylic acids is 1. The number of amides is 1. The van der Waals surface area contributed by atoms with Gasteiger partial charge in [0.2, 0.25) is 0 Å². The molecular weight excluding hydrogens is 641 g/mol. The smallest absolute Gasteiger partial charge is 0.420 e.